The fourth-order valence-electron chi connectivity index (χ4n) is 1.27. The third-order valence-electron chi connectivity index (χ3n) is 2.07. The van der Waals surface area contributed by atoms with Crippen LogP contribution in [0.25, 0.3) is 0 Å². The summed E-state index contributed by atoms with van der Waals surface area (Å²) in [6.07, 6.45) is -4.85. The second-order valence-electron chi connectivity index (χ2n) is 3.51. The standard InChI is InChI=1S/C13H11F3O3/c1-2-19-12(18)5-3-4-9-6-7-11(17)10(8-9)13(14,15)16/h6-8,17H,2,5H2,1H3. The molecule has 3 nitrogen and oxygen atoms in total. The largest absolute Gasteiger partial charge is 0.507 e. The third-order valence-corrected chi connectivity index (χ3v) is 2.07. The number of aromatic hydroxyl groups is 1. The van der Waals surface area contributed by atoms with E-state index in [1.54, 1.807) is 6.92 Å². The zero-order chi connectivity index (χ0) is 14.5. The fourth-order valence-corrected chi connectivity index (χ4v) is 1.27. The first-order valence-corrected chi connectivity index (χ1v) is 5.39. The molecule has 0 bridgehead atoms. The minimum atomic E-state index is -4.65. The Hall–Kier alpha value is -2.16. The van der Waals surface area contributed by atoms with Crippen molar-refractivity contribution in [1.29, 1.82) is 0 Å². The van der Waals surface area contributed by atoms with Gasteiger partial charge in [-0.3, -0.25) is 4.79 Å². The predicted octanol–water partition coefficient (Wildman–Crippen LogP) is 2.72. The molecule has 1 rings (SSSR count). The van der Waals surface area contributed by atoms with Crippen LogP contribution in [-0.2, 0) is 15.7 Å². The summed E-state index contributed by atoms with van der Waals surface area (Å²) in [7, 11) is 0. The van der Waals surface area contributed by atoms with E-state index in [0.29, 0.717) is 0 Å². The van der Waals surface area contributed by atoms with E-state index in [9.17, 15) is 18.0 Å². The zero-order valence-corrected chi connectivity index (χ0v) is 10.0. The molecule has 0 aliphatic carbocycles. The van der Waals surface area contributed by atoms with Crippen LogP contribution in [0.3, 0.4) is 0 Å². The summed E-state index contributed by atoms with van der Waals surface area (Å²) < 4.78 is 42.1. The quantitative estimate of drug-likeness (QED) is 0.665. The molecule has 0 saturated carbocycles. The molecule has 0 atom stereocenters. The molecule has 0 heterocycles. The molecule has 1 aromatic carbocycles. The van der Waals surface area contributed by atoms with Gasteiger partial charge in [-0.1, -0.05) is 11.8 Å². The maximum atomic E-state index is 12.5. The van der Waals surface area contributed by atoms with Crippen molar-refractivity contribution in [2.75, 3.05) is 6.61 Å². The second kappa shape index (κ2) is 6.14. The average Bonchev–Trinajstić information content (AvgIpc) is 2.30. The van der Waals surface area contributed by atoms with Crippen LogP contribution in [-0.4, -0.2) is 17.7 Å². The van der Waals surface area contributed by atoms with Crippen molar-refractivity contribution in [3.05, 3.63) is 29.3 Å². The summed E-state index contributed by atoms with van der Waals surface area (Å²) in [4.78, 5) is 11.0. The Morgan fingerprint density at radius 3 is 2.68 bits per heavy atom. The van der Waals surface area contributed by atoms with Crippen molar-refractivity contribution in [1.82, 2.24) is 0 Å². The minimum Gasteiger partial charge on any atom is -0.507 e. The van der Waals surface area contributed by atoms with Gasteiger partial charge in [0.2, 0.25) is 0 Å². The van der Waals surface area contributed by atoms with Crippen molar-refractivity contribution < 1.29 is 27.8 Å². The summed E-state index contributed by atoms with van der Waals surface area (Å²) in [6.45, 7) is 1.86. The van der Waals surface area contributed by atoms with E-state index in [0.717, 1.165) is 12.1 Å². The van der Waals surface area contributed by atoms with E-state index in [1.165, 1.54) is 6.07 Å². The number of ether oxygens (including phenoxy) is 1. The van der Waals surface area contributed by atoms with E-state index < -0.39 is 23.5 Å². The molecule has 0 unspecified atom stereocenters. The third kappa shape index (κ3) is 4.54. The number of alkyl halides is 3. The molecule has 0 saturated heterocycles. The minimum absolute atomic E-state index is 0.0643. The molecule has 0 aliphatic heterocycles. The SMILES string of the molecule is CCOC(=O)CC#Cc1ccc(O)c(C(F)(F)F)c1. The van der Waals surface area contributed by atoms with E-state index >= 15 is 0 Å². The lowest BCUT2D eigenvalue weighted by atomic mass is 10.1. The molecule has 1 aromatic rings. The molecule has 0 aliphatic rings. The highest BCUT2D eigenvalue weighted by atomic mass is 19.4. The van der Waals surface area contributed by atoms with Crippen molar-refractivity contribution >= 4 is 5.97 Å². The molecule has 0 fully saturated rings. The van der Waals surface area contributed by atoms with Gasteiger partial charge in [-0.15, -0.1) is 0 Å². The summed E-state index contributed by atoms with van der Waals surface area (Å²) in [5.41, 5.74) is -1.09. The first kappa shape index (κ1) is 14.9. The zero-order valence-electron chi connectivity index (χ0n) is 10.0. The predicted molar refractivity (Wildman–Crippen MR) is 61.2 cm³/mol. The monoisotopic (exact) mass is 272 g/mol. The number of esters is 1. The number of phenolic OH excluding ortho intramolecular Hbond substituents is 1. The fraction of sp³-hybridized carbons (Fsp3) is 0.308. The van der Waals surface area contributed by atoms with Crippen LogP contribution in [0.5, 0.6) is 5.75 Å². The normalized spacial score (nSPS) is 10.5. The molecule has 1 N–H and O–H groups in total. The number of benzene rings is 1. The Morgan fingerprint density at radius 2 is 2.11 bits per heavy atom. The second-order valence-corrected chi connectivity index (χ2v) is 3.51. The van der Waals surface area contributed by atoms with Gasteiger partial charge in [-0.05, 0) is 25.1 Å². The lowest BCUT2D eigenvalue weighted by molar-refractivity contribution is -0.142. The van der Waals surface area contributed by atoms with Gasteiger partial charge in [0, 0.05) is 5.56 Å². The van der Waals surface area contributed by atoms with Gasteiger partial charge < -0.3 is 9.84 Å². The average molecular weight is 272 g/mol. The molecular weight excluding hydrogens is 261 g/mol. The van der Waals surface area contributed by atoms with Gasteiger partial charge in [-0.25, -0.2) is 0 Å². The van der Waals surface area contributed by atoms with Crippen molar-refractivity contribution in [3.63, 3.8) is 0 Å². The van der Waals surface area contributed by atoms with Gasteiger partial charge in [-0.2, -0.15) is 13.2 Å². The Morgan fingerprint density at radius 1 is 1.42 bits per heavy atom. The van der Waals surface area contributed by atoms with Crippen LogP contribution in [0.1, 0.15) is 24.5 Å². The molecule has 0 amide bonds. The van der Waals surface area contributed by atoms with Crippen LogP contribution in [0.15, 0.2) is 18.2 Å². The van der Waals surface area contributed by atoms with Gasteiger partial charge in [0.15, 0.2) is 0 Å². The molecule has 0 spiro atoms. The summed E-state index contributed by atoms with van der Waals surface area (Å²) in [6, 6.07) is 2.88. The van der Waals surface area contributed by atoms with Crippen LogP contribution in [0.2, 0.25) is 0 Å². The molecule has 0 radical (unpaired) electrons. The van der Waals surface area contributed by atoms with Crippen molar-refractivity contribution in [3.8, 4) is 17.6 Å². The number of hydrogen-bond donors (Lipinski definition) is 1. The maximum Gasteiger partial charge on any atom is 0.419 e. The Labute approximate surface area is 108 Å². The van der Waals surface area contributed by atoms with Crippen molar-refractivity contribution in [2.24, 2.45) is 0 Å². The highest BCUT2D eigenvalue weighted by molar-refractivity contribution is 5.72. The van der Waals surface area contributed by atoms with E-state index in [1.807, 2.05) is 0 Å². The number of rotatable bonds is 2. The number of halogens is 3. The molecule has 0 aromatic heterocycles. The van der Waals surface area contributed by atoms with Gasteiger partial charge in [0.25, 0.3) is 0 Å². The van der Waals surface area contributed by atoms with Crippen molar-refractivity contribution in [2.45, 2.75) is 19.5 Å². The van der Waals surface area contributed by atoms with E-state index in [2.05, 4.69) is 16.6 Å². The van der Waals surface area contributed by atoms with E-state index in [-0.39, 0.29) is 18.6 Å². The molecule has 102 valence electrons. The van der Waals surface area contributed by atoms with E-state index in [4.69, 9.17) is 5.11 Å². The van der Waals surface area contributed by atoms with Gasteiger partial charge in [0.05, 0.1) is 12.2 Å². The first-order valence-electron chi connectivity index (χ1n) is 5.39. The molecule has 6 heteroatoms. The highest BCUT2D eigenvalue weighted by Crippen LogP contribution is 2.35. The molecular formula is C13H11F3O3. The number of carbonyl (C=O) groups is 1. The van der Waals surface area contributed by atoms with Crippen LogP contribution in [0, 0.1) is 11.8 Å². The number of carbonyl (C=O) groups excluding carboxylic acids is 1. The lowest BCUT2D eigenvalue weighted by Gasteiger charge is -2.08. The van der Waals surface area contributed by atoms with Gasteiger partial charge in [0.1, 0.15) is 12.2 Å². The molecule has 19 heavy (non-hydrogen) atoms. The summed E-state index contributed by atoms with van der Waals surface area (Å²) in [5.74, 6) is 3.43. The first-order chi connectivity index (χ1) is 8.84. The Balaban J connectivity index is 2.87. The van der Waals surface area contributed by atoms with Gasteiger partial charge >= 0.3 is 12.1 Å². The summed E-state index contributed by atoms with van der Waals surface area (Å²) in [5, 5.41) is 9.11. The summed E-state index contributed by atoms with van der Waals surface area (Å²) >= 11 is 0. The Bertz CT molecular complexity index is 524. The maximum absolute atomic E-state index is 12.5. The number of hydrogen-bond acceptors (Lipinski definition) is 3. The number of phenols is 1. The van der Waals surface area contributed by atoms with Crippen LogP contribution < -0.4 is 0 Å². The van der Waals surface area contributed by atoms with Crippen LogP contribution in [0.4, 0.5) is 13.2 Å². The lowest BCUT2D eigenvalue weighted by Crippen LogP contribution is -2.05. The highest BCUT2D eigenvalue weighted by Gasteiger charge is 2.33. The van der Waals surface area contributed by atoms with Crippen LogP contribution >= 0.6 is 0 Å². The Kier molecular flexibility index (Phi) is 4.81. The topological polar surface area (TPSA) is 46.5 Å². The smallest absolute Gasteiger partial charge is 0.419 e.